The van der Waals surface area contributed by atoms with Crippen LogP contribution in [-0.4, -0.2) is 67.2 Å². The highest BCUT2D eigenvalue weighted by atomic mass is 32.2. The highest BCUT2D eigenvalue weighted by Crippen LogP contribution is 2.33. The second-order valence-electron chi connectivity index (χ2n) is 8.21. The number of sulfonamides is 1. The molecule has 0 heterocycles. The van der Waals surface area contributed by atoms with Crippen LogP contribution in [0.3, 0.4) is 0 Å². The van der Waals surface area contributed by atoms with Gasteiger partial charge < -0.3 is 24.3 Å². The van der Waals surface area contributed by atoms with Crippen LogP contribution in [0.5, 0.6) is 23.0 Å². The van der Waals surface area contributed by atoms with Gasteiger partial charge in [0.2, 0.25) is 10.0 Å². The fourth-order valence-corrected chi connectivity index (χ4v) is 4.30. The van der Waals surface area contributed by atoms with Crippen molar-refractivity contribution in [3.63, 3.8) is 0 Å². The lowest BCUT2D eigenvalue weighted by atomic mass is 10.2. The van der Waals surface area contributed by atoms with E-state index in [1.165, 1.54) is 33.6 Å². The SMILES string of the molecule is COc1ccc(OC)c(N(CC(=O)N/N=C\c2ccc(OCC(=O)Nc3ccccc3OC)cc2)S(C)(=O)=O)c1. The number of carbonyl (C=O) groups excluding carboxylic acids is 2. The second kappa shape index (κ2) is 13.8. The van der Waals surface area contributed by atoms with Crippen molar-refractivity contribution in [2.75, 3.05) is 50.4 Å². The monoisotopic (exact) mass is 570 g/mol. The average molecular weight is 571 g/mol. The topological polar surface area (TPSA) is 145 Å². The molecule has 3 rings (SSSR count). The molecule has 0 radical (unpaired) electrons. The van der Waals surface area contributed by atoms with Crippen LogP contribution < -0.4 is 34.0 Å². The van der Waals surface area contributed by atoms with Gasteiger partial charge in [0.05, 0.1) is 45.2 Å². The number of hydrogen-bond acceptors (Lipinski definition) is 9. The largest absolute Gasteiger partial charge is 0.497 e. The van der Waals surface area contributed by atoms with Gasteiger partial charge in [0, 0.05) is 6.07 Å². The van der Waals surface area contributed by atoms with Gasteiger partial charge in [-0.2, -0.15) is 5.10 Å². The summed E-state index contributed by atoms with van der Waals surface area (Å²) >= 11 is 0. The van der Waals surface area contributed by atoms with Gasteiger partial charge >= 0.3 is 0 Å². The first-order chi connectivity index (χ1) is 19.1. The summed E-state index contributed by atoms with van der Waals surface area (Å²) in [5.41, 5.74) is 3.63. The molecule has 13 heteroatoms. The van der Waals surface area contributed by atoms with Crippen LogP contribution in [0.1, 0.15) is 5.56 Å². The summed E-state index contributed by atoms with van der Waals surface area (Å²) in [6.45, 7) is -0.750. The number of nitrogens with one attached hydrogen (secondary N) is 2. The molecular weight excluding hydrogens is 540 g/mol. The van der Waals surface area contributed by atoms with Crippen LogP contribution in [0, 0.1) is 0 Å². The van der Waals surface area contributed by atoms with Gasteiger partial charge in [-0.25, -0.2) is 13.8 Å². The third kappa shape index (κ3) is 8.36. The van der Waals surface area contributed by atoms with Crippen molar-refractivity contribution in [1.82, 2.24) is 5.43 Å². The number of nitrogens with zero attached hydrogens (tertiary/aromatic N) is 2. The maximum absolute atomic E-state index is 12.5. The average Bonchev–Trinajstić information content (AvgIpc) is 2.94. The maximum atomic E-state index is 12.5. The molecule has 0 aliphatic carbocycles. The first-order valence-electron chi connectivity index (χ1n) is 11.8. The van der Waals surface area contributed by atoms with Crippen molar-refractivity contribution >= 4 is 39.4 Å². The van der Waals surface area contributed by atoms with Gasteiger partial charge in [0.1, 0.15) is 29.5 Å². The highest BCUT2D eigenvalue weighted by Gasteiger charge is 2.24. The highest BCUT2D eigenvalue weighted by molar-refractivity contribution is 7.92. The molecule has 2 amide bonds. The van der Waals surface area contributed by atoms with Crippen LogP contribution in [0.25, 0.3) is 0 Å². The van der Waals surface area contributed by atoms with Crippen molar-refractivity contribution in [1.29, 1.82) is 0 Å². The van der Waals surface area contributed by atoms with E-state index in [1.807, 2.05) is 0 Å². The van der Waals surface area contributed by atoms with E-state index in [9.17, 15) is 18.0 Å². The first kappa shape index (κ1) is 29.8. The Bertz CT molecular complexity index is 1460. The summed E-state index contributed by atoms with van der Waals surface area (Å²) < 4.78 is 46.9. The van der Waals surface area contributed by atoms with Gasteiger partial charge in [-0.3, -0.25) is 13.9 Å². The van der Waals surface area contributed by atoms with Crippen LogP contribution >= 0.6 is 0 Å². The predicted octanol–water partition coefficient (Wildman–Crippen LogP) is 2.65. The van der Waals surface area contributed by atoms with Gasteiger partial charge in [0.25, 0.3) is 11.8 Å². The van der Waals surface area contributed by atoms with Gasteiger partial charge in [0.15, 0.2) is 6.61 Å². The van der Waals surface area contributed by atoms with Crippen molar-refractivity contribution in [3.05, 3.63) is 72.3 Å². The van der Waals surface area contributed by atoms with E-state index < -0.39 is 22.5 Å². The molecule has 0 atom stereocenters. The Balaban J connectivity index is 1.55. The first-order valence-corrected chi connectivity index (χ1v) is 13.7. The predicted molar refractivity (Wildman–Crippen MR) is 151 cm³/mol. The number of ether oxygens (including phenoxy) is 4. The molecule has 40 heavy (non-hydrogen) atoms. The van der Waals surface area contributed by atoms with Crippen LogP contribution in [0.15, 0.2) is 71.8 Å². The molecule has 12 nitrogen and oxygen atoms in total. The summed E-state index contributed by atoms with van der Waals surface area (Å²) in [5.74, 6) is 0.609. The number of amides is 2. The summed E-state index contributed by atoms with van der Waals surface area (Å²) in [5, 5.41) is 6.62. The lowest BCUT2D eigenvalue weighted by Crippen LogP contribution is -2.39. The molecule has 0 fully saturated rings. The lowest BCUT2D eigenvalue weighted by molar-refractivity contribution is -0.119. The van der Waals surface area contributed by atoms with E-state index >= 15 is 0 Å². The number of para-hydroxylation sites is 2. The Hall–Kier alpha value is -4.78. The summed E-state index contributed by atoms with van der Waals surface area (Å²) in [7, 11) is 0.500. The number of hydrazone groups is 1. The van der Waals surface area contributed by atoms with Crippen molar-refractivity contribution in [2.24, 2.45) is 5.10 Å². The molecule has 0 aromatic heterocycles. The van der Waals surface area contributed by atoms with Crippen LogP contribution in [0.2, 0.25) is 0 Å². The number of hydrogen-bond donors (Lipinski definition) is 2. The summed E-state index contributed by atoms with van der Waals surface area (Å²) in [6, 6.07) is 18.3. The Morgan fingerprint density at radius 3 is 2.20 bits per heavy atom. The molecule has 0 spiro atoms. The molecular formula is C27H30N4O8S. The third-order valence-electron chi connectivity index (χ3n) is 5.38. The molecule has 0 aliphatic rings. The maximum Gasteiger partial charge on any atom is 0.262 e. The molecule has 3 aromatic rings. The van der Waals surface area contributed by atoms with E-state index in [2.05, 4.69) is 15.8 Å². The van der Waals surface area contributed by atoms with Gasteiger partial charge in [-0.15, -0.1) is 0 Å². The normalized spacial score (nSPS) is 11.0. The minimum atomic E-state index is -3.85. The quantitative estimate of drug-likeness (QED) is 0.236. The minimum Gasteiger partial charge on any atom is -0.497 e. The number of anilines is 2. The molecule has 0 saturated carbocycles. The second-order valence-corrected chi connectivity index (χ2v) is 10.1. The Morgan fingerprint density at radius 2 is 1.55 bits per heavy atom. The van der Waals surface area contributed by atoms with Crippen molar-refractivity contribution in [3.8, 4) is 23.0 Å². The molecule has 0 bridgehead atoms. The zero-order valence-corrected chi connectivity index (χ0v) is 23.2. The Labute approximate surface area is 232 Å². The van der Waals surface area contributed by atoms with E-state index in [0.717, 1.165) is 10.6 Å². The van der Waals surface area contributed by atoms with Gasteiger partial charge in [-0.1, -0.05) is 12.1 Å². The fraction of sp³-hybridized carbons (Fsp3) is 0.222. The molecule has 3 aromatic carbocycles. The smallest absolute Gasteiger partial charge is 0.262 e. The van der Waals surface area contributed by atoms with Crippen LogP contribution in [-0.2, 0) is 19.6 Å². The zero-order chi connectivity index (χ0) is 29.1. The van der Waals surface area contributed by atoms with Crippen molar-refractivity contribution < 1.29 is 37.0 Å². The Kier molecular flexibility index (Phi) is 10.3. The number of methoxy groups -OCH3 is 3. The third-order valence-corrected chi connectivity index (χ3v) is 6.50. The zero-order valence-electron chi connectivity index (χ0n) is 22.4. The number of rotatable bonds is 13. The van der Waals surface area contributed by atoms with E-state index in [4.69, 9.17) is 18.9 Å². The van der Waals surface area contributed by atoms with Crippen molar-refractivity contribution in [2.45, 2.75) is 0 Å². The van der Waals surface area contributed by atoms with Crippen LogP contribution in [0.4, 0.5) is 11.4 Å². The summed E-state index contributed by atoms with van der Waals surface area (Å²) in [4.78, 5) is 24.7. The molecule has 2 N–H and O–H groups in total. The molecule has 0 unspecified atom stereocenters. The van der Waals surface area contributed by atoms with E-state index in [0.29, 0.717) is 28.5 Å². The summed E-state index contributed by atoms with van der Waals surface area (Å²) in [6.07, 6.45) is 2.36. The standard InChI is InChI=1S/C27H30N4O8S/c1-36-21-13-14-25(38-3)23(15-21)31(40(4,34)35)17-26(32)30-28-16-19-9-11-20(12-10-19)39-18-27(33)29-22-7-5-6-8-24(22)37-2/h5-16H,17-18H2,1-4H3,(H,29,33)(H,30,32)/b28-16-. The molecule has 0 saturated heterocycles. The minimum absolute atomic E-state index is 0.149. The van der Waals surface area contributed by atoms with E-state index in [1.54, 1.807) is 60.7 Å². The fourth-order valence-electron chi connectivity index (χ4n) is 3.45. The molecule has 212 valence electrons. The van der Waals surface area contributed by atoms with E-state index in [-0.39, 0.29) is 24.0 Å². The molecule has 0 aliphatic heterocycles. The van der Waals surface area contributed by atoms with Gasteiger partial charge in [-0.05, 0) is 54.1 Å². The number of carbonyl (C=O) groups is 2. The lowest BCUT2D eigenvalue weighted by Gasteiger charge is -2.23. The number of benzene rings is 3. The Morgan fingerprint density at radius 1 is 0.875 bits per heavy atom.